The number of aryl methyl sites for hydroxylation is 1. The van der Waals surface area contributed by atoms with Crippen LogP contribution in [0.1, 0.15) is 29.4 Å². The Kier molecular flexibility index (Phi) is 3.53. The fraction of sp³-hybridized carbons (Fsp3) is 0.286. The van der Waals surface area contributed by atoms with Crippen LogP contribution in [-0.4, -0.2) is 9.78 Å². The van der Waals surface area contributed by atoms with Gasteiger partial charge in [0.05, 0.1) is 23.0 Å². The Morgan fingerprint density at radius 1 is 1.33 bits per heavy atom. The minimum absolute atomic E-state index is 0.630. The summed E-state index contributed by atoms with van der Waals surface area (Å²) in [5, 5.41) is 13.6. The maximum Gasteiger partial charge on any atom is 0.0992 e. The topological polar surface area (TPSA) is 41.6 Å². The highest BCUT2D eigenvalue weighted by atomic mass is 79.9. The van der Waals surface area contributed by atoms with Gasteiger partial charge in [-0.15, -0.1) is 0 Å². The van der Waals surface area contributed by atoms with Crippen LogP contribution in [0, 0.1) is 25.2 Å². The summed E-state index contributed by atoms with van der Waals surface area (Å²) in [6.45, 7) is 6.21. The van der Waals surface area contributed by atoms with Crippen LogP contribution < -0.4 is 0 Å². The van der Waals surface area contributed by atoms with E-state index in [0.717, 1.165) is 28.0 Å². The molecule has 0 radical (unpaired) electrons. The Labute approximate surface area is 115 Å². The van der Waals surface area contributed by atoms with E-state index in [-0.39, 0.29) is 0 Å². The van der Waals surface area contributed by atoms with Crippen LogP contribution in [0.2, 0.25) is 0 Å². The van der Waals surface area contributed by atoms with Crippen LogP contribution in [0.3, 0.4) is 0 Å². The number of rotatable bonds is 2. The van der Waals surface area contributed by atoms with Gasteiger partial charge in [-0.3, -0.25) is 0 Å². The number of halogens is 1. The molecule has 0 aliphatic heterocycles. The molecule has 0 aliphatic carbocycles. The third-order valence-electron chi connectivity index (χ3n) is 3.05. The minimum atomic E-state index is 0.630. The summed E-state index contributed by atoms with van der Waals surface area (Å²) in [4.78, 5) is 0. The third-order valence-corrected chi connectivity index (χ3v) is 3.51. The molecule has 0 saturated heterocycles. The standard InChI is InChI=1S/C14H14BrN3/c1-4-14-9(2)17-18(10(14)3)13-6-11(8-16)5-12(15)7-13/h5-7H,4H2,1-3H3. The van der Waals surface area contributed by atoms with Crippen molar-refractivity contribution in [2.24, 2.45) is 0 Å². The van der Waals surface area contributed by atoms with Gasteiger partial charge in [-0.05, 0) is 44.0 Å². The molecule has 0 N–H and O–H groups in total. The van der Waals surface area contributed by atoms with Gasteiger partial charge in [-0.1, -0.05) is 22.9 Å². The lowest BCUT2D eigenvalue weighted by Gasteiger charge is -2.06. The SMILES string of the molecule is CCc1c(C)nn(-c2cc(Br)cc(C#N)c2)c1C. The molecule has 0 saturated carbocycles. The molecule has 4 heteroatoms. The molecule has 1 aromatic heterocycles. The summed E-state index contributed by atoms with van der Waals surface area (Å²) >= 11 is 3.43. The number of nitrogens with zero attached hydrogens (tertiary/aromatic N) is 3. The minimum Gasteiger partial charge on any atom is -0.237 e. The zero-order valence-electron chi connectivity index (χ0n) is 10.7. The average molecular weight is 304 g/mol. The molecule has 0 spiro atoms. The monoisotopic (exact) mass is 303 g/mol. The molecule has 0 unspecified atom stereocenters. The van der Waals surface area contributed by atoms with Crippen molar-refractivity contribution in [3.8, 4) is 11.8 Å². The lowest BCUT2D eigenvalue weighted by molar-refractivity contribution is 0.831. The van der Waals surface area contributed by atoms with Crippen molar-refractivity contribution in [3.05, 3.63) is 45.2 Å². The summed E-state index contributed by atoms with van der Waals surface area (Å²) < 4.78 is 2.79. The second-order valence-electron chi connectivity index (χ2n) is 4.22. The number of hydrogen-bond donors (Lipinski definition) is 0. The van der Waals surface area contributed by atoms with E-state index in [0.29, 0.717) is 5.56 Å². The number of hydrogen-bond acceptors (Lipinski definition) is 2. The zero-order chi connectivity index (χ0) is 13.3. The second-order valence-corrected chi connectivity index (χ2v) is 5.14. The van der Waals surface area contributed by atoms with Crippen LogP contribution in [0.5, 0.6) is 0 Å². The van der Waals surface area contributed by atoms with Gasteiger partial charge in [0.1, 0.15) is 0 Å². The fourth-order valence-electron chi connectivity index (χ4n) is 2.20. The van der Waals surface area contributed by atoms with Gasteiger partial charge < -0.3 is 0 Å². The van der Waals surface area contributed by atoms with Gasteiger partial charge >= 0.3 is 0 Å². The Morgan fingerprint density at radius 2 is 2.06 bits per heavy atom. The van der Waals surface area contributed by atoms with Crippen LogP contribution in [-0.2, 0) is 6.42 Å². The number of benzene rings is 1. The van der Waals surface area contributed by atoms with Crippen molar-refractivity contribution in [3.63, 3.8) is 0 Å². The molecule has 18 heavy (non-hydrogen) atoms. The maximum absolute atomic E-state index is 9.01. The first-order valence-corrected chi connectivity index (χ1v) is 6.62. The first-order valence-electron chi connectivity index (χ1n) is 5.83. The molecule has 2 rings (SSSR count). The zero-order valence-corrected chi connectivity index (χ0v) is 12.2. The Bertz CT molecular complexity index is 635. The van der Waals surface area contributed by atoms with E-state index in [1.54, 1.807) is 6.07 Å². The molecule has 0 bridgehead atoms. The Morgan fingerprint density at radius 3 is 2.61 bits per heavy atom. The van der Waals surface area contributed by atoms with Gasteiger partial charge in [0.15, 0.2) is 0 Å². The lowest BCUT2D eigenvalue weighted by atomic mass is 10.1. The van der Waals surface area contributed by atoms with Crippen LogP contribution >= 0.6 is 15.9 Å². The van der Waals surface area contributed by atoms with Gasteiger partial charge in [-0.2, -0.15) is 10.4 Å². The smallest absolute Gasteiger partial charge is 0.0992 e. The maximum atomic E-state index is 9.01. The van der Waals surface area contributed by atoms with Gasteiger partial charge in [0.2, 0.25) is 0 Å². The third kappa shape index (κ3) is 2.19. The van der Waals surface area contributed by atoms with Crippen molar-refractivity contribution in [2.45, 2.75) is 27.2 Å². The lowest BCUT2D eigenvalue weighted by Crippen LogP contribution is -2.00. The molecular weight excluding hydrogens is 290 g/mol. The summed E-state index contributed by atoms with van der Waals surface area (Å²) in [6.07, 6.45) is 0.969. The fourth-order valence-corrected chi connectivity index (χ4v) is 2.68. The van der Waals surface area contributed by atoms with E-state index in [2.05, 4.69) is 40.9 Å². The Hall–Kier alpha value is -1.60. The van der Waals surface area contributed by atoms with Gasteiger partial charge in [0.25, 0.3) is 0 Å². The van der Waals surface area contributed by atoms with E-state index >= 15 is 0 Å². The van der Waals surface area contributed by atoms with Crippen molar-refractivity contribution in [1.82, 2.24) is 9.78 Å². The first-order chi connectivity index (χ1) is 8.56. The molecule has 0 atom stereocenters. The van der Waals surface area contributed by atoms with E-state index in [1.165, 1.54) is 5.56 Å². The highest BCUT2D eigenvalue weighted by molar-refractivity contribution is 9.10. The predicted molar refractivity (Wildman–Crippen MR) is 74.8 cm³/mol. The molecule has 0 aliphatic rings. The molecule has 3 nitrogen and oxygen atoms in total. The summed E-state index contributed by atoms with van der Waals surface area (Å²) in [6, 6.07) is 7.79. The molecular formula is C14H14BrN3. The second kappa shape index (κ2) is 4.95. The van der Waals surface area contributed by atoms with E-state index in [4.69, 9.17) is 5.26 Å². The highest BCUT2D eigenvalue weighted by Crippen LogP contribution is 2.22. The van der Waals surface area contributed by atoms with E-state index in [9.17, 15) is 0 Å². The van der Waals surface area contributed by atoms with E-state index in [1.807, 2.05) is 23.7 Å². The van der Waals surface area contributed by atoms with Gasteiger partial charge in [0, 0.05) is 10.2 Å². The molecule has 1 heterocycles. The molecule has 0 fully saturated rings. The molecule has 2 aromatic rings. The first kappa shape index (κ1) is 12.8. The van der Waals surface area contributed by atoms with Crippen LogP contribution in [0.25, 0.3) is 5.69 Å². The molecule has 92 valence electrons. The summed E-state index contributed by atoms with van der Waals surface area (Å²) in [5.41, 5.74) is 5.00. The highest BCUT2D eigenvalue weighted by Gasteiger charge is 2.12. The van der Waals surface area contributed by atoms with Crippen LogP contribution in [0.15, 0.2) is 22.7 Å². The van der Waals surface area contributed by atoms with Crippen LogP contribution in [0.4, 0.5) is 0 Å². The van der Waals surface area contributed by atoms with Crippen molar-refractivity contribution >= 4 is 15.9 Å². The normalized spacial score (nSPS) is 10.4. The largest absolute Gasteiger partial charge is 0.237 e. The average Bonchev–Trinajstić information content (AvgIpc) is 2.63. The van der Waals surface area contributed by atoms with Crippen molar-refractivity contribution in [1.29, 1.82) is 5.26 Å². The molecule has 0 amide bonds. The quantitative estimate of drug-likeness (QED) is 0.849. The Balaban J connectivity index is 2.63. The predicted octanol–water partition coefficient (Wildman–Crippen LogP) is 3.69. The van der Waals surface area contributed by atoms with E-state index < -0.39 is 0 Å². The van der Waals surface area contributed by atoms with Crippen molar-refractivity contribution < 1.29 is 0 Å². The number of aromatic nitrogens is 2. The summed E-state index contributed by atoms with van der Waals surface area (Å²) in [7, 11) is 0. The number of nitriles is 1. The molecule has 1 aromatic carbocycles. The summed E-state index contributed by atoms with van der Waals surface area (Å²) in [5.74, 6) is 0. The van der Waals surface area contributed by atoms with Gasteiger partial charge in [-0.25, -0.2) is 4.68 Å². The van der Waals surface area contributed by atoms with Crippen molar-refractivity contribution in [2.75, 3.05) is 0 Å².